The largest absolute Gasteiger partial charge is 0.370 e. The number of aliphatic imine (C=N–C) groups is 1. The molecular formula is C13H25N3. The van der Waals surface area contributed by atoms with Crippen LogP contribution in [0.4, 0.5) is 0 Å². The number of hydrogen-bond acceptors (Lipinski definition) is 1. The molecule has 1 aliphatic carbocycles. The Balaban J connectivity index is 1.84. The molecule has 1 heterocycles. The first-order valence-corrected chi connectivity index (χ1v) is 6.75. The maximum absolute atomic E-state index is 6.08. The van der Waals surface area contributed by atoms with Crippen LogP contribution in [0.5, 0.6) is 0 Å². The van der Waals surface area contributed by atoms with Gasteiger partial charge in [0.2, 0.25) is 0 Å². The molecule has 92 valence electrons. The molecule has 2 N–H and O–H groups in total. The molecule has 0 atom stereocenters. The highest BCUT2D eigenvalue weighted by Gasteiger charge is 2.31. The van der Waals surface area contributed by atoms with E-state index in [1.807, 2.05) is 0 Å². The van der Waals surface area contributed by atoms with Gasteiger partial charge in [-0.1, -0.05) is 26.2 Å². The number of guanidine groups is 1. The van der Waals surface area contributed by atoms with Gasteiger partial charge in [0.15, 0.2) is 5.96 Å². The van der Waals surface area contributed by atoms with Crippen molar-refractivity contribution in [3.8, 4) is 0 Å². The summed E-state index contributed by atoms with van der Waals surface area (Å²) in [5.41, 5.74) is 6.53. The van der Waals surface area contributed by atoms with E-state index in [-0.39, 0.29) is 0 Å². The van der Waals surface area contributed by atoms with E-state index in [2.05, 4.69) is 16.8 Å². The van der Waals surface area contributed by atoms with Crippen LogP contribution in [0.15, 0.2) is 4.99 Å². The number of nitrogens with two attached hydrogens (primary N) is 1. The summed E-state index contributed by atoms with van der Waals surface area (Å²) in [6.07, 6.45) is 9.26. The van der Waals surface area contributed by atoms with Gasteiger partial charge in [0.25, 0.3) is 0 Å². The Morgan fingerprint density at radius 1 is 1.12 bits per heavy atom. The summed E-state index contributed by atoms with van der Waals surface area (Å²) in [5.74, 6) is 0.787. The minimum atomic E-state index is 0.455. The van der Waals surface area contributed by atoms with Crippen molar-refractivity contribution in [2.24, 2.45) is 16.1 Å². The van der Waals surface area contributed by atoms with Crippen molar-refractivity contribution in [1.29, 1.82) is 0 Å². The van der Waals surface area contributed by atoms with Gasteiger partial charge in [0.1, 0.15) is 0 Å². The van der Waals surface area contributed by atoms with Gasteiger partial charge in [-0.3, -0.25) is 4.99 Å². The molecule has 2 aliphatic rings. The third kappa shape index (κ3) is 2.89. The molecule has 0 spiro atoms. The standard InChI is InChI=1S/C13H25N3/c1-13(7-6-8-13)11-15-12(14)16-9-4-2-3-5-10-16/h2-11H2,1H3,(H2,14,15). The van der Waals surface area contributed by atoms with Crippen molar-refractivity contribution >= 4 is 5.96 Å². The van der Waals surface area contributed by atoms with Crippen molar-refractivity contribution in [2.45, 2.75) is 51.9 Å². The van der Waals surface area contributed by atoms with Crippen LogP contribution in [0.25, 0.3) is 0 Å². The SMILES string of the molecule is CC1(CN=C(N)N2CCCCCC2)CCC1. The van der Waals surface area contributed by atoms with E-state index < -0.39 is 0 Å². The Bertz CT molecular complexity index is 248. The van der Waals surface area contributed by atoms with Crippen LogP contribution in [0.2, 0.25) is 0 Å². The average Bonchev–Trinajstić information content (AvgIpc) is 2.51. The van der Waals surface area contributed by atoms with Gasteiger partial charge in [-0.15, -0.1) is 0 Å². The zero-order chi connectivity index (χ0) is 11.4. The average molecular weight is 223 g/mol. The van der Waals surface area contributed by atoms with Gasteiger partial charge in [0, 0.05) is 19.6 Å². The first-order chi connectivity index (χ1) is 7.70. The van der Waals surface area contributed by atoms with Gasteiger partial charge in [-0.25, -0.2) is 0 Å². The van der Waals surface area contributed by atoms with Gasteiger partial charge in [-0.2, -0.15) is 0 Å². The van der Waals surface area contributed by atoms with Gasteiger partial charge in [0.05, 0.1) is 0 Å². The molecule has 0 aromatic rings. The second-order valence-electron chi connectivity index (χ2n) is 5.74. The van der Waals surface area contributed by atoms with Crippen molar-refractivity contribution in [3.05, 3.63) is 0 Å². The lowest BCUT2D eigenvalue weighted by Gasteiger charge is -2.37. The van der Waals surface area contributed by atoms with Crippen molar-refractivity contribution < 1.29 is 0 Å². The van der Waals surface area contributed by atoms with Crippen LogP contribution in [0, 0.1) is 5.41 Å². The highest BCUT2D eigenvalue weighted by molar-refractivity contribution is 5.78. The fourth-order valence-electron chi connectivity index (χ4n) is 2.61. The summed E-state index contributed by atoms with van der Waals surface area (Å²) in [5, 5.41) is 0. The Hall–Kier alpha value is -0.730. The molecule has 16 heavy (non-hydrogen) atoms. The lowest BCUT2D eigenvalue weighted by atomic mass is 9.71. The summed E-state index contributed by atoms with van der Waals surface area (Å²) < 4.78 is 0. The fourth-order valence-corrected chi connectivity index (χ4v) is 2.61. The number of rotatable bonds is 2. The summed E-state index contributed by atoms with van der Waals surface area (Å²) in [6.45, 7) is 5.46. The van der Waals surface area contributed by atoms with E-state index in [0.29, 0.717) is 5.41 Å². The van der Waals surface area contributed by atoms with Gasteiger partial charge in [-0.05, 0) is 31.1 Å². The first-order valence-electron chi connectivity index (χ1n) is 6.75. The molecule has 0 radical (unpaired) electrons. The molecule has 2 fully saturated rings. The van der Waals surface area contributed by atoms with E-state index in [0.717, 1.165) is 25.6 Å². The molecule has 0 unspecified atom stereocenters. The third-order valence-electron chi connectivity index (χ3n) is 4.11. The fraction of sp³-hybridized carbons (Fsp3) is 0.923. The van der Waals surface area contributed by atoms with Crippen molar-refractivity contribution in [2.75, 3.05) is 19.6 Å². The lowest BCUT2D eigenvalue weighted by molar-refractivity contribution is 0.173. The minimum absolute atomic E-state index is 0.455. The van der Waals surface area contributed by atoms with Crippen molar-refractivity contribution in [1.82, 2.24) is 4.90 Å². The van der Waals surface area contributed by atoms with Crippen LogP contribution < -0.4 is 5.73 Å². The monoisotopic (exact) mass is 223 g/mol. The molecule has 3 heteroatoms. The number of hydrogen-bond donors (Lipinski definition) is 1. The second-order valence-corrected chi connectivity index (χ2v) is 5.74. The lowest BCUT2D eigenvalue weighted by Crippen LogP contribution is -2.39. The summed E-state index contributed by atoms with van der Waals surface area (Å²) in [7, 11) is 0. The normalized spacial score (nSPS) is 26.1. The predicted octanol–water partition coefficient (Wildman–Crippen LogP) is 2.37. The summed E-state index contributed by atoms with van der Waals surface area (Å²) >= 11 is 0. The summed E-state index contributed by atoms with van der Waals surface area (Å²) in [6, 6.07) is 0. The number of likely N-dealkylation sites (tertiary alicyclic amines) is 1. The van der Waals surface area contributed by atoms with Gasteiger partial charge >= 0.3 is 0 Å². The highest BCUT2D eigenvalue weighted by atomic mass is 15.2. The summed E-state index contributed by atoms with van der Waals surface area (Å²) in [4.78, 5) is 6.88. The maximum Gasteiger partial charge on any atom is 0.191 e. The molecule has 1 saturated carbocycles. The maximum atomic E-state index is 6.08. The molecule has 3 nitrogen and oxygen atoms in total. The smallest absolute Gasteiger partial charge is 0.191 e. The van der Waals surface area contributed by atoms with E-state index in [9.17, 15) is 0 Å². The molecule has 2 rings (SSSR count). The Morgan fingerprint density at radius 3 is 2.25 bits per heavy atom. The Morgan fingerprint density at radius 2 is 1.75 bits per heavy atom. The minimum Gasteiger partial charge on any atom is -0.370 e. The Labute approximate surface area is 99.1 Å². The van der Waals surface area contributed by atoms with Crippen LogP contribution in [-0.2, 0) is 0 Å². The van der Waals surface area contributed by atoms with Crippen LogP contribution in [-0.4, -0.2) is 30.5 Å². The molecule has 0 bridgehead atoms. The molecule has 0 aromatic heterocycles. The van der Waals surface area contributed by atoms with Crippen LogP contribution in [0.1, 0.15) is 51.9 Å². The zero-order valence-electron chi connectivity index (χ0n) is 10.5. The predicted molar refractivity (Wildman–Crippen MR) is 68.5 cm³/mol. The number of nitrogens with zero attached hydrogens (tertiary/aromatic N) is 2. The molecular weight excluding hydrogens is 198 g/mol. The van der Waals surface area contributed by atoms with Gasteiger partial charge < -0.3 is 10.6 Å². The topological polar surface area (TPSA) is 41.6 Å². The zero-order valence-corrected chi connectivity index (χ0v) is 10.5. The van der Waals surface area contributed by atoms with E-state index in [4.69, 9.17) is 5.73 Å². The second kappa shape index (κ2) is 5.07. The van der Waals surface area contributed by atoms with E-state index in [1.54, 1.807) is 0 Å². The first kappa shape index (κ1) is 11.7. The molecule has 1 aliphatic heterocycles. The highest BCUT2D eigenvalue weighted by Crippen LogP contribution is 2.40. The molecule has 0 amide bonds. The molecule has 1 saturated heterocycles. The third-order valence-corrected chi connectivity index (χ3v) is 4.11. The Kier molecular flexibility index (Phi) is 3.72. The molecule has 0 aromatic carbocycles. The quantitative estimate of drug-likeness (QED) is 0.577. The van der Waals surface area contributed by atoms with E-state index >= 15 is 0 Å². The van der Waals surface area contributed by atoms with Crippen molar-refractivity contribution in [3.63, 3.8) is 0 Å². The van der Waals surface area contributed by atoms with Crippen LogP contribution >= 0.6 is 0 Å². The van der Waals surface area contributed by atoms with E-state index in [1.165, 1.54) is 44.9 Å². The van der Waals surface area contributed by atoms with Crippen LogP contribution in [0.3, 0.4) is 0 Å².